The molecule has 5 aromatic rings. The van der Waals surface area contributed by atoms with Gasteiger partial charge >= 0.3 is 6.18 Å². The van der Waals surface area contributed by atoms with Gasteiger partial charge in [0.2, 0.25) is 0 Å². The molecular weight excluding hydrogens is 566 g/mol. The minimum Gasteiger partial charge on any atom is -0.365 e. The second-order valence-corrected chi connectivity index (χ2v) is 11.7. The molecule has 0 bridgehead atoms. The van der Waals surface area contributed by atoms with Crippen molar-refractivity contribution in [2.75, 3.05) is 18.4 Å². The number of hydrogen-bond donors (Lipinski definition) is 3. The van der Waals surface area contributed by atoms with Crippen molar-refractivity contribution < 1.29 is 17.6 Å². The lowest BCUT2D eigenvalue weighted by Crippen LogP contribution is -2.55. The van der Waals surface area contributed by atoms with E-state index in [9.17, 15) is 22.8 Å². The molecule has 2 unspecified atom stereocenters. The van der Waals surface area contributed by atoms with Crippen LogP contribution in [-0.2, 0) is 19.5 Å². The molecule has 12 heteroatoms. The maximum Gasteiger partial charge on any atom is 0.393 e. The Hall–Kier alpha value is -4.05. The summed E-state index contributed by atoms with van der Waals surface area (Å²) in [5.74, 6) is 0.205. The Labute approximate surface area is 243 Å². The van der Waals surface area contributed by atoms with E-state index in [-0.39, 0.29) is 22.8 Å². The van der Waals surface area contributed by atoms with Crippen molar-refractivity contribution in [2.24, 2.45) is 0 Å². The standard InChI is InChI=1S/C30H27F4N7S/c31-21-3-1-2-18(9-21)14-36-27-16-41(15-19-4-5-25-20(8-19)10-22(13-35)39-25)7-6-26(27)40-28-24-11-23(12-30(32,33)34)42-29(24)38-17-37-28/h1-5,8-11,17,26-27,36,39H,6-7,12,14-16H2,(H,37,38,40). The van der Waals surface area contributed by atoms with Crippen LogP contribution in [0.4, 0.5) is 23.4 Å². The first kappa shape index (κ1) is 28.1. The summed E-state index contributed by atoms with van der Waals surface area (Å²) >= 11 is 1.02. The van der Waals surface area contributed by atoms with E-state index < -0.39 is 12.6 Å². The van der Waals surface area contributed by atoms with Crippen molar-refractivity contribution in [3.8, 4) is 6.07 Å². The first-order valence-corrected chi connectivity index (χ1v) is 14.3. The number of nitrogens with one attached hydrogen (secondary N) is 3. The molecule has 4 heterocycles. The highest BCUT2D eigenvalue weighted by atomic mass is 32.1. The highest BCUT2D eigenvalue weighted by Crippen LogP contribution is 2.33. The molecular formula is C30H27F4N7S. The second-order valence-electron chi connectivity index (χ2n) is 10.6. The largest absolute Gasteiger partial charge is 0.393 e. The van der Waals surface area contributed by atoms with Crippen LogP contribution >= 0.6 is 11.3 Å². The molecule has 1 fully saturated rings. The minimum absolute atomic E-state index is 0.0681. The molecule has 1 aliphatic heterocycles. The Morgan fingerprint density at radius 3 is 2.76 bits per heavy atom. The minimum atomic E-state index is -4.30. The van der Waals surface area contributed by atoms with Gasteiger partial charge < -0.3 is 15.6 Å². The molecule has 0 amide bonds. The van der Waals surface area contributed by atoms with Crippen molar-refractivity contribution in [1.82, 2.24) is 25.2 Å². The zero-order valence-corrected chi connectivity index (χ0v) is 23.2. The molecule has 2 atom stereocenters. The van der Waals surface area contributed by atoms with E-state index in [1.807, 2.05) is 24.3 Å². The average molecular weight is 594 g/mol. The van der Waals surface area contributed by atoms with Crippen LogP contribution in [0, 0.1) is 17.1 Å². The zero-order chi connectivity index (χ0) is 29.3. The number of nitrogens with zero attached hydrogens (tertiary/aromatic N) is 4. The summed E-state index contributed by atoms with van der Waals surface area (Å²) in [6, 6.07) is 17.9. The Morgan fingerprint density at radius 1 is 1.07 bits per heavy atom. The summed E-state index contributed by atoms with van der Waals surface area (Å²) in [7, 11) is 0. The lowest BCUT2D eigenvalue weighted by molar-refractivity contribution is -0.126. The fraction of sp³-hybridized carbons (Fsp3) is 0.300. The van der Waals surface area contributed by atoms with E-state index in [1.165, 1.54) is 24.5 Å². The number of nitriles is 1. The third-order valence-electron chi connectivity index (χ3n) is 7.44. The topological polar surface area (TPSA) is 92.7 Å². The summed E-state index contributed by atoms with van der Waals surface area (Å²) in [5.41, 5.74) is 3.37. The molecule has 0 saturated carbocycles. The molecule has 3 N–H and O–H groups in total. The number of aromatic nitrogens is 3. The number of H-pyrrole nitrogens is 1. The summed E-state index contributed by atoms with van der Waals surface area (Å²) in [4.78, 5) is 14.7. The number of hydrogen-bond acceptors (Lipinski definition) is 7. The summed E-state index contributed by atoms with van der Waals surface area (Å²) in [6.45, 7) is 2.62. The third kappa shape index (κ3) is 6.54. The van der Waals surface area contributed by atoms with Gasteiger partial charge in [0, 0.05) is 54.0 Å². The van der Waals surface area contributed by atoms with E-state index in [0.29, 0.717) is 41.4 Å². The first-order valence-electron chi connectivity index (χ1n) is 13.5. The van der Waals surface area contributed by atoms with Gasteiger partial charge in [-0.05, 0) is 53.9 Å². The number of likely N-dealkylation sites (tertiary alicyclic amines) is 1. The zero-order valence-electron chi connectivity index (χ0n) is 22.4. The molecule has 1 aliphatic rings. The van der Waals surface area contributed by atoms with Gasteiger partial charge in [0.1, 0.15) is 34.6 Å². The Balaban J connectivity index is 1.21. The highest BCUT2D eigenvalue weighted by Gasteiger charge is 2.31. The number of alkyl halides is 3. The number of halogens is 4. The van der Waals surface area contributed by atoms with Crippen molar-refractivity contribution in [2.45, 2.75) is 44.2 Å². The van der Waals surface area contributed by atoms with Crippen LogP contribution in [0.2, 0.25) is 0 Å². The Morgan fingerprint density at radius 2 is 1.95 bits per heavy atom. The molecule has 6 rings (SSSR count). The molecule has 1 saturated heterocycles. The highest BCUT2D eigenvalue weighted by molar-refractivity contribution is 7.18. The quantitative estimate of drug-likeness (QED) is 0.188. The van der Waals surface area contributed by atoms with Crippen LogP contribution in [0.3, 0.4) is 0 Å². The normalized spacial score (nSPS) is 18.0. The van der Waals surface area contributed by atoms with Gasteiger partial charge in [0.05, 0.1) is 11.8 Å². The van der Waals surface area contributed by atoms with Crippen molar-refractivity contribution in [3.63, 3.8) is 0 Å². The monoisotopic (exact) mass is 593 g/mol. The summed E-state index contributed by atoms with van der Waals surface area (Å²) < 4.78 is 52.9. The van der Waals surface area contributed by atoms with Crippen molar-refractivity contribution >= 4 is 38.3 Å². The van der Waals surface area contributed by atoms with E-state index in [0.717, 1.165) is 46.3 Å². The number of piperidine rings is 1. The SMILES string of the molecule is N#Cc1cc2cc(CN3CCC(Nc4ncnc5sc(CC(F)(F)F)cc45)C(NCc4cccc(F)c4)C3)ccc2[nH]1. The number of thiophene rings is 1. The van der Waals surface area contributed by atoms with Crippen LogP contribution in [0.5, 0.6) is 0 Å². The van der Waals surface area contributed by atoms with E-state index in [1.54, 1.807) is 6.07 Å². The van der Waals surface area contributed by atoms with Gasteiger partial charge in [-0.2, -0.15) is 18.4 Å². The lowest BCUT2D eigenvalue weighted by Gasteiger charge is -2.40. The number of anilines is 1. The predicted octanol–water partition coefficient (Wildman–Crippen LogP) is 6.13. The van der Waals surface area contributed by atoms with Crippen LogP contribution in [0.25, 0.3) is 21.1 Å². The molecule has 2 aromatic carbocycles. The van der Waals surface area contributed by atoms with Gasteiger partial charge in [-0.3, -0.25) is 4.90 Å². The molecule has 3 aromatic heterocycles. The van der Waals surface area contributed by atoms with Crippen molar-refractivity contribution in [1.29, 1.82) is 5.26 Å². The lowest BCUT2D eigenvalue weighted by atomic mass is 9.97. The average Bonchev–Trinajstić information content (AvgIpc) is 3.55. The fourth-order valence-electron chi connectivity index (χ4n) is 5.52. The maximum atomic E-state index is 13.8. The fourth-order valence-corrected chi connectivity index (χ4v) is 6.54. The van der Waals surface area contributed by atoms with Gasteiger partial charge in [0.25, 0.3) is 0 Å². The number of benzene rings is 2. The molecule has 0 spiro atoms. The second kappa shape index (κ2) is 11.7. The van der Waals surface area contributed by atoms with E-state index >= 15 is 0 Å². The molecule has 42 heavy (non-hydrogen) atoms. The van der Waals surface area contributed by atoms with Gasteiger partial charge in [0.15, 0.2) is 0 Å². The predicted molar refractivity (Wildman–Crippen MR) is 155 cm³/mol. The van der Waals surface area contributed by atoms with E-state index in [4.69, 9.17) is 0 Å². The van der Waals surface area contributed by atoms with Crippen LogP contribution in [-0.4, -0.2) is 51.2 Å². The first-order chi connectivity index (χ1) is 20.2. The van der Waals surface area contributed by atoms with Gasteiger partial charge in [-0.1, -0.05) is 18.2 Å². The van der Waals surface area contributed by atoms with Crippen LogP contribution in [0.1, 0.15) is 28.1 Å². The van der Waals surface area contributed by atoms with Gasteiger partial charge in [-0.25, -0.2) is 14.4 Å². The Bertz CT molecular complexity index is 1760. The third-order valence-corrected chi connectivity index (χ3v) is 8.49. The molecule has 0 aliphatic carbocycles. The van der Waals surface area contributed by atoms with Crippen molar-refractivity contribution in [3.05, 3.63) is 88.4 Å². The summed E-state index contributed by atoms with van der Waals surface area (Å²) in [6.07, 6.45) is -3.19. The summed E-state index contributed by atoms with van der Waals surface area (Å²) in [5, 5.41) is 17.8. The van der Waals surface area contributed by atoms with E-state index in [2.05, 4.69) is 42.6 Å². The maximum absolute atomic E-state index is 13.8. The van der Waals surface area contributed by atoms with Crippen LogP contribution in [0.15, 0.2) is 60.9 Å². The number of rotatable bonds is 8. The Kier molecular flexibility index (Phi) is 7.81. The molecule has 7 nitrogen and oxygen atoms in total. The van der Waals surface area contributed by atoms with Crippen LogP contribution < -0.4 is 10.6 Å². The number of aromatic amines is 1. The smallest absolute Gasteiger partial charge is 0.365 e. The molecule has 216 valence electrons. The number of fused-ring (bicyclic) bond motifs is 2. The van der Waals surface area contributed by atoms with Gasteiger partial charge in [-0.15, -0.1) is 11.3 Å². The molecule has 0 radical (unpaired) electrons.